The third-order valence-electron chi connectivity index (χ3n) is 6.63. The fourth-order valence-electron chi connectivity index (χ4n) is 4.79. The summed E-state index contributed by atoms with van der Waals surface area (Å²) in [5, 5.41) is 8.09. The van der Waals surface area contributed by atoms with Gasteiger partial charge in [-0.05, 0) is 42.9 Å². The zero-order valence-electron chi connectivity index (χ0n) is 20.6. The molecular weight excluding hydrogens is 466 g/mol. The smallest absolute Gasteiger partial charge is 0.408 e. The number of esters is 1. The third kappa shape index (κ3) is 8.66. The lowest BCUT2D eigenvalue weighted by molar-refractivity contribution is -0.132. The molecule has 196 valence electrons. The van der Waals surface area contributed by atoms with Crippen LogP contribution in [0.1, 0.15) is 63.9 Å². The van der Waals surface area contributed by atoms with Gasteiger partial charge in [0.2, 0.25) is 11.8 Å². The van der Waals surface area contributed by atoms with Crippen molar-refractivity contribution in [2.24, 2.45) is 11.8 Å². The van der Waals surface area contributed by atoms with Crippen molar-refractivity contribution in [3.63, 3.8) is 0 Å². The first-order valence-corrected chi connectivity index (χ1v) is 12.6. The average Bonchev–Trinajstić information content (AvgIpc) is 3.26. The van der Waals surface area contributed by atoms with Crippen LogP contribution in [-0.4, -0.2) is 48.8 Å². The topological polar surface area (TPSA) is 140 Å². The summed E-state index contributed by atoms with van der Waals surface area (Å²) in [5.74, 6) is -0.735. The van der Waals surface area contributed by atoms with Gasteiger partial charge in [-0.15, -0.1) is 0 Å². The van der Waals surface area contributed by atoms with Gasteiger partial charge in [-0.1, -0.05) is 44.2 Å². The molecule has 1 saturated heterocycles. The minimum Gasteiger partial charge on any atom is -0.445 e. The van der Waals surface area contributed by atoms with Crippen molar-refractivity contribution in [3.8, 4) is 5.75 Å². The van der Waals surface area contributed by atoms with Gasteiger partial charge >= 0.3 is 12.1 Å². The second-order valence-electron chi connectivity index (χ2n) is 9.52. The molecular formula is C26H35N3O7. The van der Waals surface area contributed by atoms with Crippen LogP contribution in [-0.2, 0) is 30.5 Å². The van der Waals surface area contributed by atoms with Gasteiger partial charge in [-0.2, -0.15) is 0 Å². The SMILES string of the molecule is CC(=O)Oc1cccc(COC(=O)NC(CC2CCCCC2)C(=O)NC(C=O)CC2CCNC2=O)c1. The van der Waals surface area contributed by atoms with E-state index < -0.39 is 30.1 Å². The Bertz CT molecular complexity index is 945. The lowest BCUT2D eigenvalue weighted by Gasteiger charge is -2.27. The Labute approximate surface area is 210 Å². The molecule has 0 spiro atoms. The van der Waals surface area contributed by atoms with E-state index in [1.54, 1.807) is 24.3 Å². The minimum atomic E-state index is -0.868. The second kappa shape index (κ2) is 13.6. The Morgan fingerprint density at radius 1 is 1.11 bits per heavy atom. The number of aldehydes is 1. The summed E-state index contributed by atoms with van der Waals surface area (Å²) in [5.41, 5.74) is 0.619. The molecule has 3 unspecified atom stereocenters. The molecule has 0 radical (unpaired) electrons. The first-order chi connectivity index (χ1) is 17.3. The predicted octanol–water partition coefficient (Wildman–Crippen LogP) is 2.39. The van der Waals surface area contributed by atoms with E-state index in [1.165, 1.54) is 6.92 Å². The highest BCUT2D eigenvalue weighted by Crippen LogP contribution is 2.27. The maximum atomic E-state index is 13.1. The summed E-state index contributed by atoms with van der Waals surface area (Å²) in [4.78, 5) is 60.4. The van der Waals surface area contributed by atoms with Gasteiger partial charge in [0.1, 0.15) is 24.7 Å². The molecule has 0 aromatic heterocycles. The molecule has 3 N–H and O–H groups in total. The van der Waals surface area contributed by atoms with Crippen molar-refractivity contribution in [2.75, 3.05) is 6.54 Å². The zero-order chi connectivity index (χ0) is 25.9. The molecule has 1 aliphatic heterocycles. The molecule has 1 saturated carbocycles. The zero-order valence-corrected chi connectivity index (χ0v) is 20.6. The predicted molar refractivity (Wildman–Crippen MR) is 130 cm³/mol. The van der Waals surface area contributed by atoms with Gasteiger partial charge in [0.25, 0.3) is 0 Å². The third-order valence-corrected chi connectivity index (χ3v) is 6.63. The van der Waals surface area contributed by atoms with Crippen molar-refractivity contribution in [3.05, 3.63) is 29.8 Å². The van der Waals surface area contributed by atoms with E-state index in [-0.39, 0.29) is 30.8 Å². The largest absolute Gasteiger partial charge is 0.445 e. The van der Waals surface area contributed by atoms with E-state index in [1.807, 2.05) is 0 Å². The van der Waals surface area contributed by atoms with Crippen LogP contribution in [0.5, 0.6) is 5.75 Å². The van der Waals surface area contributed by atoms with Crippen LogP contribution in [0.15, 0.2) is 24.3 Å². The van der Waals surface area contributed by atoms with Gasteiger partial charge in [-0.3, -0.25) is 14.4 Å². The van der Waals surface area contributed by atoms with E-state index in [0.717, 1.165) is 32.1 Å². The van der Waals surface area contributed by atoms with Crippen molar-refractivity contribution < 1.29 is 33.4 Å². The number of nitrogens with one attached hydrogen (secondary N) is 3. The Kier molecular flexibility index (Phi) is 10.3. The number of hydrogen-bond donors (Lipinski definition) is 3. The Balaban J connectivity index is 1.59. The molecule has 1 aromatic rings. The van der Waals surface area contributed by atoms with Gasteiger partial charge in [0.15, 0.2) is 0 Å². The van der Waals surface area contributed by atoms with Crippen molar-refractivity contribution in [1.82, 2.24) is 16.0 Å². The summed E-state index contributed by atoms with van der Waals surface area (Å²) in [6.45, 7) is 1.78. The van der Waals surface area contributed by atoms with Gasteiger partial charge in [-0.25, -0.2) is 4.79 Å². The number of carbonyl (C=O) groups is 5. The second-order valence-corrected chi connectivity index (χ2v) is 9.52. The molecule has 0 bridgehead atoms. The summed E-state index contributed by atoms with van der Waals surface area (Å²) >= 11 is 0. The lowest BCUT2D eigenvalue weighted by atomic mass is 9.84. The summed E-state index contributed by atoms with van der Waals surface area (Å²) in [6, 6.07) is 4.93. The number of rotatable bonds is 11. The van der Waals surface area contributed by atoms with Crippen molar-refractivity contribution in [1.29, 1.82) is 0 Å². The average molecular weight is 502 g/mol. The van der Waals surface area contributed by atoms with Crippen molar-refractivity contribution >= 4 is 30.2 Å². The van der Waals surface area contributed by atoms with Crippen LogP contribution in [0.25, 0.3) is 0 Å². The maximum absolute atomic E-state index is 13.1. The summed E-state index contributed by atoms with van der Waals surface area (Å²) in [7, 11) is 0. The summed E-state index contributed by atoms with van der Waals surface area (Å²) < 4.78 is 10.4. The van der Waals surface area contributed by atoms with Crippen LogP contribution in [0.2, 0.25) is 0 Å². The van der Waals surface area contributed by atoms with Crippen molar-refractivity contribution in [2.45, 2.75) is 77.0 Å². The van der Waals surface area contributed by atoms with E-state index in [2.05, 4.69) is 16.0 Å². The van der Waals surface area contributed by atoms with E-state index in [4.69, 9.17) is 9.47 Å². The van der Waals surface area contributed by atoms with Crippen LogP contribution < -0.4 is 20.7 Å². The molecule has 10 heteroatoms. The molecule has 3 rings (SSSR count). The summed E-state index contributed by atoms with van der Waals surface area (Å²) in [6.07, 6.45) is 6.42. The van der Waals surface area contributed by atoms with Gasteiger partial charge in [0.05, 0.1) is 6.04 Å². The highest BCUT2D eigenvalue weighted by molar-refractivity contribution is 5.88. The van der Waals surface area contributed by atoms with Gasteiger partial charge in [0, 0.05) is 19.4 Å². The molecule has 1 aromatic carbocycles. The molecule has 1 aliphatic carbocycles. The number of alkyl carbamates (subject to hydrolysis) is 1. The quantitative estimate of drug-likeness (QED) is 0.240. The molecule has 2 fully saturated rings. The van der Waals surface area contributed by atoms with E-state index in [9.17, 15) is 24.0 Å². The lowest BCUT2D eigenvalue weighted by Crippen LogP contribution is -2.51. The van der Waals surface area contributed by atoms with Crippen LogP contribution >= 0.6 is 0 Å². The molecule has 36 heavy (non-hydrogen) atoms. The fourth-order valence-corrected chi connectivity index (χ4v) is 4.79. The van der Waals surface area contributed by atoms with E-state index in [0.29, 0.717) is 37.0 Å². The Morgan fingerprint density at radius 2 is 1.89 bits per heavy atom. The highest BCUT2D eigenvalue weighted by Gasteiger charge is 2.31. The minimum absolute atomic E-state index is 0.0769. The highest BCUT2D eigenvalue weighted by atomic mass is 16.5. The molecule has 3 atom stereocenters. The van der Waals surface area contributed by atoms with Crippen LogP contribution in [0, 0.1) is 11.8 Å². The molecule has 10 nitrogen and oxygen atoms in total. The Morgan fingerprint density at radius 3 is 2.56 bits per heavy atom. The first-order valence-electron chi connectivity index (χ1n) is 12.6. The van der Waals surface area contributed by atoms with Crippen LogP contribution in [0.4, 0.5) is 4.79 Å². The number of carbonyl (C=O) groups excluding carboxylic acids is 5. The Hall–Kier alpha value is -3.43. The number of hydrogen-bond acceptors (Lipinski definition) is 7. The fraction of sp³-hybridized carbons (Fsp3) is 0.577. The standard InChI is InChI=1S/C26H35N3O7/c1-17(31)36-22-9-5-8-19(12-22)16-35-26(34)29-23(13-18-6-3-2-4-7-18)25(33)28-21(15-30)14-20-10-11-27-24(20)32/h5,8-9,12,15,18,20-21,23H,2-4,6-7,10-11,13-14,16H2,1H3,(H,27,32)(H,28,33)(H,29,34). The van der Waals surface area contributed by atoms with Gasteiger partial charge < -0.3 is 30.2 Å². The normalized spacial score (nSPS) is 19.5. The first kappa shape index (κ1) is 27.2. The molecule has 1 heterocycles. The number of benzene rings is 1. The van der Waals surface area contributed by atoms with Crippen LogP contribution in [0.3, 0.4) is 0 Å². The number of ether oxygens (including phenoxy) is 2. The molecule has 2 aliphatic rings. The maximum Gasteiger partial charge on any atom is 0.408 e. The monoisotopic (exact) mass is 501 g/mol. The number of amides is 3. The molecule has 3 amide bonds. The van der Waals surface area contributed by atoms with E-state index >= 15 is 0 Å².